The molecule has 0 saturated heterocycles. The summed E-state index contributed by atoms with van der Waals surface area (Å²) in [4.78, 5) is 0. The van der Waals surface area contributed by atoms with Crippen molar-refractivity contribution in [2.24, 2.45) is 0 Å². The first kappa shape index (κ1) is 12.8. The van der Waals surface area contributed by atoms with E-state index in [1.54, 1.807) is 6.92 Å². The number of nitrogens with one attached hydrogen (secondary N) is 1. The number of hydrogen-bond acceptors (Lipinski definition) is 4. The first-order chi connectivity index (χ1) is 5.83. The fraction of sp³-hybridized carbons (Fsp3) is 1.00. The largest absolute Gasteiger partial charge is 0.393 e. The Hall–Kier alpha value is -0.170. The first-order valence-electron chi connectivity index (χ1n) is 4.13. The highest BCUT2D eigenvalue weighted by atomic mass is 32.2. The molecule has 0 saturated carbocycles. The van der Waals surface area contributed by atoms with Crippen LogP contribution in [0.25, 0.3) is 0 Å². The van der Waals surface area contributed by atoms with E-state index in [4.69, 9.17) is 5.11 Å². The van der Waals surface area contributed by atoms with Crippen molar-refractivity contribution in [3.8, 4) is 0 Å². The molecular formula is C7H17NO4S. The summed E-state index contributed by atoms with van der Waals surface area (Å²) in [5, 5.41) is 17.9. The summed E-state index contributed by atoms with van der Waals surface area (Å²) in [7, 11) is -3.30. The minimum Gasteiger partial charge on any atom is -0.393 e. The third kappa shape index (κ3) is 5.98. The van der Waals surface area contributed by atoms with Crippen LogP contribution in [0.3, 0.4) is 0 Å². The second kappa shape index (κ2) is 4.90. The summed E-state index contributed by atoms with van der Waals surface area (Å²) in [5.74, 6) is 0.0362. The Morgan fingerprint density at radius 1 is 1.46 bits per heavy atom. The molecule has 13 heavy (non-hydrogen) atoms. The van der Waals surface area contributed by atoms with Gasteiger partial charge in [-0.05, 0) is 13.3 Å². The number of aliphatic hydroxyl groups is 2. The molecule has 80 valence electrons. The zero-order valence-corrected chi connectivity index (χ0v) is 8.76. The Bertz CT molecular complexity index is 235. The summed E-state index contributed by atoms with van der Waals surface area (Å²) in [6, 6.07) is 0. The van der Waals surface area contributed by atoms with E-state index in [-0.39, 0.29) is 12.3 Å². The SMILES string of the molecule is CCCS(=O)(=O)NCC(C)(O)CO. The van der Waals surface area contributed by atoms with Gasteiger partial charge in [0.25, 0.3) is 0 Å². The monoisotopic (exact) mass is 211 g/mol. The van der Waals surface area contributed by atoms with Crippen LogP contribution >= 0.6 is 0 Å². The van der Waals surface area contributed by atoms with Crippen LogP contribution in [0.4, 0.5) is 0 Å². The minimum absolute atomic E-state index is 0.0362. The molecule has 0 rings (SSSR count). The van der Waals surface area contributed by atoms with Gasteiger partial charge >= 0.3 is 0 Å². The topological polar surface area (TPSA) is 86.6 Å². The molecule has 0 radical (unpaired) electrons. The average molecular weight is 211 g/mol. The molecule has 6 heteroatoms. The minimum atomic E-state index is -3.30. The number of rotatable bonds is 6. The lowest BCUT2D eigenvalue weighted by Crippen LogP contribution is -2.43. The summed E-state index contributed by atoms with van der Waals surface area (Å²) < 4.78 is 24.4. The van der Waals surface area contributed by atoms with Gasteiger partial charge in [-0.25, -0.2) is 13.1 Å². The van der Waals surface area contributed by atoms with Crippen molar-refractivity contribution in [2.45, 2.75) is 25.9 Å². The van der Waals surface area contributed by atoms with Crippen LogP contribution in [-0.4, -0.2) is 43.1 Å². The fourth-order valence-corrected chi connectivity index (χ4v) is 1.87. The van der Waals surface area contributed by atoms with Gasteiger partial charge < -0.3 is 10.2 Å². The molecule has 1 unspecified atom stereocenters. The Kier molecular flexibility index (Phi) is 4.83. The molecule has 0 fully saturated rings. The summed E-state index contributed by atoms with van der Waals surface area (Å²) >= 11 is 0. The third-order valence-electron chi connectivity index (χ3n) is 1.49. The van der Waals surface area contributed by atoms with Crippen molar-refractivity contribution < 1.29 is 18.6 Å². The lowest BCUT2D eigenvalue weighted by molar-refractivity contribution is 0.00681. The van der Waals surface area contributed by atoms with Gasteiger partial charge in [0.2, 0.25) is 10.0 Å². The average Bonchev–Trinajstić information content (AvgIpc) is 2.02. The standard InChI is InChI=1S/C7H17NO4S/c1-3-4-13(11,12)8-5-7(2,10)6-9/h8-10H,3-6H2,1-2H3. The van der Waals surface area contributed by atoms with Crippen molar-refractivity contribution >= 4 is 10.0 Å². The van der Waals surface area contributed by atoms with Gasteiger partial charge in [-0.2, -0.15) is 0 Å². The molecule has 0 amide bonds. The Morgan fingerprint density at radius 2 is 2.00 bits per heavy atom. The van der Waals surface area contributed by atoms with Crippen molar-refractivity contribution in [2.75, 3.05) is 18.9 Å². The van der Waals surface area contributed by atoms with E-state index >= 15 is 0 Å². The number of sulfonamides is 1. The molecule has 0 aliphatic carbocycles. The van der Waals surface area contributed by atoms with Crippen molar-refractivity contribution in [3.05, 3.63) is 0 Å². The van der Waals surface area contributed by atoms with E-state index in [9.17, 15) is 13.5 Å². The maximum atomic E-state index is 11.1. The maximum absolute atomic E-state index is 11.1. The van der Waals surface area contributed by atoms with Gasteiger partial charge in [-0.15, -0.1) is 0 Å². The Morgan fingerprint density at radius 3 is 2.38 bits per heavy atom. The van der Waals surface area contributed by atoms with E-state index in [2.05, 4.69) is 4.72 Å². The highest BCUT2D eigenvalue weighted by Crippen LogP contribution is 2.00. The third-order valence-corrected chi connectivity index (χ3v) is 3.02. The maximum Gasteiger partial charge on any atom is 0.211 e. The van der Waals surface area contributed by atoms with Gasteiger partial charge in [0.05, 0.1) is 18.0 Å². The zero-order chi connectivity index (χ0) is 10.5. The van der Waals surface area contributed by atoms with Gasteiger partial charge in [0, 0.05) is 6.54 Å². The van der Waals surface area contributed by atoms with E-state index in [1.165, 1.54) is 6.92 Å². The second-order valence-electron chi connectivity index (χ2n) is 3.30. The molecule has 0 aliphatic rings. The van der Waals surface area contributed by atoms with Gasteiger partial charge in [-0.3, -0.25) is 0 Å². The van der Waals surface area contributed by atoms with Crippen LogP contribution in [0.5, 0.6) is 0 Å². The summed E-state index contributed by atoms with van der Waals surface area (Å²) in [6.45, 7) is 2.48. The van der Waals surface area contributed by atoms with Crippen molar-refractivity contribution in [1.29, 1.82) is 0 Å². The van der Waals surface area contributed by atoms with Crippen LogP contribution < -0.4 is 4.72 Å². The fourth-order valence-electron chi connectivity index (χ4n) is 0.662. The predicted octanol–water partition coefficient (Wildman–Crippen LogP) is -0.941. The molecule has 3 N–H and O–H groups in total. The molecule has 0 aliphatic heterocycles. The molecule has 0 spiro atoms. The molecular weight excluding hydrogens is 194 g/mol. The van der Waals surface area contributed by atoms with E-state index in [0.29, 0.717) is 6.42 Å². The van der Waals surface area contributed by atoms with Gasteiger partial charge in [-0.1, -0.05) is 6.92 Å². The molecule has 0 heterocycles. The number of aliphatic hydroxyl groups excluding tert-OH is 1. The van der Waals surface area contributed by atoms with Crippen LogP contribution in [-0.2, 0) is 10.0 Å². The lowest BCUT2D eigenvalue weighted by atomic mass is 10.1. The zero-order valence-electron chi connectivity index (χ0n) is 7.95. The highest BCUT2D eigenvalue weighted by molar-refractivity contribution is 7.89. The van der Waals surface area contributed by atoms with Crippen LogP contribution in [0.1, 0.15) is 20.3 Å². The van der Waals surface area contributed by atoms with E-state index in [0.717, 1.165) is 0 Å². The van der Waals surface area contributed by atoms with Crippen molar-refractivity contribution in [3.63, 3.8) is 0 Å². The molecule has 0 aromatic heterocycles. The molecule has 1 atom stereocenters. The van der Waals surface area contributed by atoms with Gasteiger partial charge in [0.15, 0.2) is 0 Å². The van der Waals surface area contributed by atoms with Crippen molar-refractivity contribution in [1.82, 2.24) is 4.72 Å². The van der Waals surface area contributed by atoms with Crippen LogP contribution in [0, 0.1) is 0 Å². The highest BCUT2D eigenvalue weighted by Gasteiger charge is 2.21. The lowest BCUT2D eigenvalue weighted by Gasteiger charge is -2.20. The molecule has 5 nitrogen and oxygen atoms in total. The van der Waals surface area contributed by atoms with Crippen LogP contribution in [0.15, 0.2) is 0 Å². The van der Waals surface area contributed by atoms with E-state index < -0.39 is 22.2 Å². The quantitative estimate of drug-likeness (QED) is 0.529. The molecule has 0 bridgehead atoms. The summed E-state index contributed by atoms with van der Waals surface area (Å²) in [5.41, 5.74) is -1.39. The normalized spacial score (nSPS) is 16.9. The van der Waals surface area contributed by atoms with E-state index in [1.807, 2.05) is 0 Å². The molecule has 0 aromatic carbocycles. The van der Waals surface area contributed by atoms with Gasteiger partial charge in [0.1, 0.15) is 0 Å². The molecule has 0 aromatic rings. The second-order valence-corrected chi connectivity index (χ2v) is 5.22. The van der Waals surface area contributed by atoms with Crippen LogP contribution in [0.2, 0.25) is 0 Å². The predicted molar refractivity (Wildman–Crippen MR) is 49.8 cm³/mol. The Labute approximate surface area is 78.8 Å². The smallest absolute Gasteiger partial charge is 0.211 e. The first-order valence-corrected chi connectivity index (χ1v) is 5.79. The summed E-state index contributed by atoms with van der Waals surface area (Å²) in [6.07, 6.45) is 0.524. The Balaban J connectivity index is 4.02. The number of hydrogen-bond donors (Lipinski definition) is 3.